The predicted octanol–water partition coefficient (Wildman–Crippen LogP) is 3.62. The maximum absolute atomic E-state index is 12.1. The van der Waals surface area contributed by atoms with Gasteiger partial charge in [0.25, 0.3) is 0 Å². The Morgan fingerprint density at radius 2 is 1.61 bits per heavy atom. The molecule has 4 heteroatoms. The lowest BCUT2D eigenvalue weighted by Gasteiger charge is -2.29. The van der Waals surface area contributed by atoms with E-state index in [1.54, 1.807) is 0 Å². The molecule has 0 radical (unpaired) electrons. The Labute approximate surface area is 139 Å². The van der Waals surface area contributed by atoms with Gasteiger partial charge < -0.3 is 10.6 Å². The van der Waals surface area contributed by atoms with E-state index in [9.17, 15) is 9.59 Å². The molecule has 0 spiro atoms. The van der Waals surface area contributed by atoms with Gasteiger partial charge in [0.05, 0.1) is 0 Å². The summed E-state index contributed by atoms with van der Waals surface area (Å²) >= 11 is 0. The lowest BCUT2D eigenvalue weighted by molar-refractivity contribution is -0.137. The van der Waals surface area contributed by atoms with Crippen molar-refractivity contribution in [1.29, 1.82) is 0 Å². The molecule has 1 aromatic carbocycles. The molecule has 23 heavy (non-hydrogen) atoms. The molecule has 2 atom stereocenters. The number of carbonyl (C=O) groups excluding carboxylic acids is 2. The van der Waals surface area contributed by atoms with Gasteiger partial charge in [0, 0.05) is 11.7 Å². The van der Waals surface area contributed by atoms with E-state index in [0.717, 1.165) is 19.3 Å². The highest BCUT2D eigenvalue weighted by Gasteiger charge is 2.25. The third-order valence-electron chi connectivity index (χ3n) is 4.64. The van der Waals surface area contributed by atoms with Crippen LogP contribution in [0.25, 0.3) is 0 Å². The summed E-state index contributed by atoms with van der Waals surface area (Å²) in [6, 6.07) is 7.77. The Morgan fingerprint density at radius 3 is 2.17 bits per heavy atom. The summed E-state index contributed by atoms with van der Waals surface area (Å²) in [6.07, 6.45) is 4.40. The van der Waals surface area contributed by atoms with Crippen LogP contribution >= 0.6 is 0 Å². The number of carbonyl (C=O) groups is 2. The van der Waals surface area contributed by atoms with Crippen LogP contribution in [0.2, 0.25) is 0 Å². The molecule has 4 nitrogen and oxygen atoms in total. The van der Waals surface area contributed by atoms with Crippen LogP contribution in [0, 0.1) is 5.92 Å². The Hall–Kier alpha value is -1.84. The molecular weight excluding hydrogens is 288 g/mol. The molecule has 2 rings (SSSR count). The van der Waals surface area contributed by atoms with E-state index >= 15 is 0 Å². The van der Waals surface area contributed by atoms with Crippen LogP contribution in [0.4, 0.5) is 5.69 Å². The van der Waals surface area contributed by atoms with E-state index in [1.165, 1.54) is 12.0 Å². The molecule has 0 saturated heterocycles. The van der Waals surface area contributed by atoms with Gasteiger partial charge in [0.1, 0.15) is 0 Å². The minimum Gasteiger partial charge on any atom is -0.345 e. The number of anilines is 1. The molecule has 126 valence electrons. The first-order valence-corrected chi connectivity index (χ1v) is 8.50. The number of hydrogen-bond acceptors (Lipinski definition) is 2. The third kappa shape index (κ3) is 4.81. The average Bonchev–Trinajstić information content (AvgIpc) is 2.49. The lowest BCUT2D eigenvalue weighted by atomic mass is 9.86. The first-order chi connectivity index (χ1) is 10.8. The number of hydrogen-bond donors (Lipinski definition) is 2. The van der Waals surface area contributed by atoms with Crippen LogP contribution in [-0.4, -0.2) is 17.9 Å². The van der Waals surface area contributed by atoms with Gasteiger partial charge in [-0.1, -0.05) is 52.7 Å². The van der Waals surface area contributed by atoms with Crippen LogP contribution in [0.1, 0.15) is 58.9 Å². The summed E-state index contributed by atoms with van der Waals surface area (Å²) < 4.78 is 0. The molecule has 1 aliphatic carbocycles. The molecule has 0 aromatic heterocycles. The molecular formula is C19H28N2O2. The van der Waals surface area contributed by atoms with Crippen molar-refractivity contribution in [2.45, 2.75) is 64.8 Å². The fraction of sp³-hybridized carbons (Fsp3) is 0.579. The quantitative estimate of drug-likeness (QED) is 0.819. The summed E-state index contributed by atoms with van der Waals surface area (Å²) in [4.78, 5) is 24.1. The highest BCUT2D eigenvalue weighted by atomic mass is 16.2. The molecule has 1 saturated carbocycles. The smallest absolute Gasteiger partial charge is 0.313 e. The molecule has 0 heterocycles. The van der Waals surface area contributed by atoms with Crippen molar-refractivity contribution in [1.82, 2.24) is 5.32 Å². The first-order valence-electron chi connectivity index (χ1n) is 8.50. The maximum atomic E-state index is 12.1. The standard InChI is InChI=1S/C19H28N2O2/c1-13-7-5-6-8-16(13)21-18(23)17(22)20-15-11-9-14(10-12-15)19(2,3)4/h9-13,16H,5-8H2,1-4H3,(H,20,22)(H,21,23). The molecule has 2 N–H and O–H groups in total. The molecule has 1 aliphatic rings. The zero-order valence-electron chi connectivity index (χ0n) is 14.6. The van der Waals surface area contributed by atoms with Gasteiger partial charge in [-0.2, -0.15) is 0 Å². The van der Waals surface area contributed by atoms with Crippen molar-refractivity contribution in [3.05, 3.63) is 29.8 Å². The fourth-order valence-electron chi connectivity index (χ4n) is 3.01. The zero-order valence-corrected chi connectivity index (χ0v) is 14.6. The van der Waals surface area contributed by atoms with Crippen molar-refractivity contribution >= 4 is 17.5 Å². The molecule has 1 aromatic rings. The number of benzene rings is 1. The van der Waals surface area contributed by atoms with Crippen LogP contribution < -0.4 is 10.6 Å². The summed E-state index contributed by atoms with van der Waals surface area (Å²) in [7, 11) is 0. The minimum atomic E-state index is -0.591. The van der Waals surface area contributed by atoms with Gasteiger partial charge in [-0.15, -0.1) is 0 Å². The van der Waals surface area contributed by atoms with Crippen LogP contribution in [0.3, 0.4) is 0 Å². The van der Waals surface area contributed by atoms with E-state index in [2.05, 4.69) is 38.3 Å². The second-order valence-corrected chi connectivity index (χ2v) is 7.62. The molecule has 2 unspecified atom stereocenters. The zero-order chi connectivity index (χ0) is 17.0. The largest absolute Gasteiger partial charge is 0.345 e. The van der Waals surface area contributed by atoms with Crippen molar-refractivity contribution in [3.8, 4) is 0 Å². The van der Waals surface area contributed by atoms with E-state index < -0.39 is 11.8 Å². The monoisotopic (exact) mass is 316 g/mol. The van der Waals surface area contributed by atoms with E-state index in [4.69, 9.17) is 0 Å². The maximum Gasteiger partial charge on any atom is 0.313 e. The van der Waals surface area contributed by atoms with E-state index in [-0.39, 0.29) is 11.5 Å². The van der Waals surface area contributed by atoms with E-state index in [1.807, 2.05) is 24.3 Å². The number of amides is 2. The topological polar surface area (TPSA) is 58.2 Å². The van der Waals surface area contributed by atoms with Gasteiger partial charge in [-0.05, 0) is 41.9 Å². The van der Waals surface area contributed by atoms with Crippen LogP contribution in [0.5, 0.6) is 0 Å². The molecule has 0 bridgehead atoms. The van der Waals surface area contributed by atoms with E-state index in [0.29, 0.717) is 11.6 Å². The Morgan fingerprint density at radius 1 is 1.00 bits per heavy atom. The Bertz CT molecular complexity index is 558. The van der Waals surface area contributed by atoms with Crippen LogP contribution in [0.15, 0.2) is 24.3 Å². The van der Waals surface area contributed by atoms with Crippen molar-refractivity contribution in [2.24, 2.45) is 5.92 Å². The first kappa shape index (κ1) is 17.5. The average molecular weight is 316 g/mol. The second kappa shape index (κ2) is 7.16. The number of rotatable bonds is 2. The lowest BCUT2D eigenvalue weighted by Crippen LogP contribution is -2.45. The van der Waals surface area contributed by atoms with Crippen molar-refractivity contribution in [2.75, 3.05) is 5.32 Å². The summed E-state index contributed by atoms with van der Waals surface area (Å²) in [5.41, 5.74) is 1.91. The number of nitrogens with one attached hydrogen (secondary N) is 2. The third-order valence-corrected chi connectivity index (χ3v) is 4.64. The minimum absolute atomic E-state index is 0.0665. The van der Waals surface area contributed by atoms with Gasteiger partial charge in [0.2, 0.25) is 0 Å². The SMILES string of the molecule is CC1CCCCC1NC(=O)C(=O)Nc1ccc(C(C)(C)C)cc1. The van der Waals surface area contributed by atoms with Crippen molar-refractivity contribution in [3.63, 3.8) is 0 Å². The van der Waals surface area contributed by atoms with Gasteiger partial charge >= 0.3 is 11.8 Å². The summed E-state index contributed by atoms with van der Waals surface area (Å²) in [5, 5.41) is 5.55. The van der Waals surface area contributed by atoms with Gasteiger partial charge in [0.15, 0.2) is 0 Å². The highest BCUT2D eigenvalue weighted by Crippen LogP contribution is 2.24. The molecule has 0 aliphatic heterocycles. The summed E-state index contributed by atoms with van der Waals surface area (Å²) in [6.45, 7) is 8.55. The fourth-order valence-corrected chi connectivity index (χ4v) is 3.01. The van der Waals surface area contributed by atoms with Crippen molar-refractivity contribution < 1.29 is 9.59 Å². The predicted molar refractivity (Wildman–Crippen MR) is 93.3 cm³/mol. The van der Waals surface area contributed by atoms with Crippen LogP contribution in [-0.2, 0) is 15.0 Å². The van der Waals surface area contributed by atoms with Gasteiger partial charge in [-0.25, -0.2) is 0 Å². The Balaban J connectivity index is 1.91. The highest BCUT2D eigenvalue weighted by molar-refractivity contribution is 6.39. The molecule has 1 fully saturated rings. The Kier molecular flexibility index (Phi) is 5.45. The van der Waals surface area contributed by atoms with Gasteiger partial charge in [-0.3, -0.25) is 9.59 Å². The molecule has 2 amide bonds. The normalized spacial score (nSPS) is 21.6. The second-order valence-electron chi connectivity index (χ2n) is 7.62. The summed E-state index contributed by atoms with van der Waals surface area (Å²) in [5.74, 6) is -0.693.